The van der Waals surface area contributed by atoms with Crippen molar-refractivity contribution in [3.8, 4) is 39.9 Å². The highest BCUT2D eigenvalue weighted by atomic mass is 16.3. The van der Waals surface area contributed by atoms with Crippen LogP contribution < -0.4 is 0 Å². The molecule has 5 heteroatoms. The minimum Gasteiger partial charge on any atom is -0.453 e. The molecule has 52 heavy (non-hydrogen) atoms. The van der Waals surface area contributed by atoms with E-state index in [4.69, 9.17) is 19.4 Å². The summed E-state index contributed by atoms with van der Waals surface area (Å²) in [5.74, 6) is 1.79. The van der Waals surface area contributed by atoms with E-state index in [2.05, 4.69) is 114 Å². The molecular formula is C47H28N4O. The first-order valence-corrected chi connectivity index (χ1v) is 17.5. The number of para-hydroxylation sites is 1. The van der Waals surface area contributed by atoms with Crippen LogP contribution in [0.5, 0.6) is 0 Å². The summed E-state index contributed by atoms with van der Waals surface area (Å²) >= 11 is 0. The fourth-order valence-electron chi connectivity index (χ4n) is 7.78. The van der Waals surface area contributed by atoms with Gasteiger partial charge in [0.1, 0.15) is 11.3 Å². The molecule has 11 rings (SSSR count). The number of rotatable bonds is 4. The monoisotopic (exact) mass is 664 g/mol. The Kier molecular flexibility index (Phi) is 6.18. The minimum atomic E-state index is 0.571. The summed E-state index contributed by atoms with van der Waals surface area (Å²) < 4.78 is 9.46. The molecule has 0 aliphatic rings. The zero-order valence-electron chi connectivity index (χ0n) is 27.9. The Morgan fingerprint density at radius 1 is 0.365 bits per heavy atom. The molecule has 0 saturated heterocycles. The zero-order valence-corrected chi connectivity index (χ0v) is 27.9. The molecule has 0 unspecified atom stereocenters. The van der Waals surface area contributed by atoms with Crippen molar-refractivity contribution in [2.45, 2.75) is 0 Å². The Morgan fingerprint density at radius 2 is 0.923 bits per heavy atom. The molecule has 0 radical (unpaired) electrons. The maximum atomic E-state index is 7.11. The lowest BCUT2D eigenvalue weighted by Crippen LogP contribution is -2.04. The third-order valence-electron chi connectivity index (χ3n) is 10.2. The number of hydrogen-bond acceptors (Lipinski definition) is 4. The van der Waals surface area contributed by atoms with Gasteiger partial charge < -0.3 is 8.98 Å². The standard InChI is InChI=1S/C47H28N4O/c1-3-14-30(15-4-1)45-48-46(31-16-5-2-6-17-31)50-47(49-45)38-26-25-37-36-24-23-29-13-9-10-20-34(29)43(36)52-44(37)42(38)51-40-22-12-11-21-35(40)39-27-32-18-7-8-19-33(32)28-41(39)51/h1-28H. The van der Waals surface area contributed by atoms with Crippen molar-refractivity contribution in [3.63, 3.8) is 0 Å². The van der Waals surface area contributed by atoms with Crippen LogP contribution in [-0.4, -0.2) is 19.5 Å². The minimum absolute atomic E-state index is 0.571. The van der Waals surface area contributed by atoms with E-state index in [9.17, 15) is 0 Å². The van der Waals surface area contributed by atoms with Gasteiger partial charge in [0.25, 0.3) is 0 Å². The summed E-state index contributed by atoms with van der Waals surface area (Å²) in [6.07, 6.45) is 0. The molecule has 5 nitrogen and oxygen atoms in total. The summed E-state index contributed by atoms with van der Waals surface area (Å²) in [4.78, 5) is 15.4. The van der Waals surface area contributed by atoms with E-state index in [1.54, 1.807) is 0 Å². The largest absolute Gasteiger partial charge is 0.453 e. The molecule has 0 bridgehead atoms. The maximum Gasteiger partial charge on any atom is 0.166 e. The van der Waals surface area contributed by atoms with E-state index in [1.807, 2.05) is 60.7 Å². The summed E-state index contributed by atoms with van der Waals surface area (Å²) in [5, 5.41) is 9.02. The van der Waals surface area contributed by atoms with Crippen LogP contribution in [0, 0.1) is 0 Å². The Morgan fingerprint density at radius 3 is 1.65 bits per heavy atom. The quantitative estimate of drug-likeness (QED) is 0.188. The fourth-order valence-corrected chi connectivity index (χ4v) is 7.78. The van der Waals surface area contributed by atoms with Crippen LogP contribution in [0.4, 0.5) is 0 Å². The van der Waals surface area contributed by atoms with Gasteiger partial charge in [0, 0.05) is 43.6 Å². The molecule has 0 spiro atoms. The lowest BCUT2D eigenvalue weighted by atomic mass is 10.0. The van der Waals surface area contributed by atoms with Crippen LogP contribution in [0.3, 0.4) is 0 Å². The molecule has 0 amide bonds. The Labute approximate surface area is 298 Å². The molecule has 0 aliphatic carbocycles. The molecule has 11 aromatic rings. The van der Waals surface area contributed by atoms with Gasteiger partial charge in [-0.05, 0) is 52.6 Å². The van der Waals surface area contributed by atoms with E-state index < -0.39 is 0 Å². The summed E-state index contributed by atoms with van der Waals surface area (Å²) in [6, 6.07) is 59.1. The second-order valence-corrected chi connectivity index (χ2v) is 13.2. The highest BCUT2D eigenvalue weighted by molar-refractivity contribution is 6.19. The number of nitrogens with zero attached hydrogens (tertiary/aromatic N) is 4. The first-order valence-electron chi connectivity index (χ1n) is 17.5. The topological polar surface area (TPSA) is 56.7 Å². The Balaban J connectivity index is 1.32. The van der Waals surface area contributed by atoms with E-state index in [0.29, 0.717) is 17.5 Å². The number of benzene rings is 8. The van der Waals surface area contributed by atoms with Gasteiger partial charge in [-0.25, -0.2) is 15.0 Å². The Bertz CT molecular complexity index is 3120. The van der Waals surface area contributed by atoms with Gasteiger partial charge in [-0.2, -0.15) is 0 Å². The zero-order chi connectivity index (χ0) is 34.2. The van der Waals surface area contributed by atoms with E-state index >= 15 is 0 Å². The van der Waals surface area contributed by atoms with E-state index in [1.165, 1.54) is 21.5 Å². The summed E-state index contributed by atoms with van der Waals surface area (Å²) in [6.45, 7) is 0. The van der Waals surface area contributed by atoms with E-state index in [0.717, 1.165) is 66.1 Å². The number of fused-ring (bicyclic) bond motifs is 9. The molecule has 0 aliphatic heterocycles. The highest BCUT2D eigenvalue weighted by Gasteiger charge is 2.25. The normalized spacial score (nSPS) is 11.8. The second kappa shape index (κ2) is 11.2. The van der Waals surface area contributed by atoms with Crippen LogP contribution in [0.15, 0.2) is 174 Å². The lowest BCUT2D eigenvalue weighted by Gasteiger charge is -2.15. The summed E-state index contributed by atoms with van der Waals surface area (Å²) in [7, 11) is 0. The molecule has 8 aromatic carbocycles. The fraction of sp³-hybridized carbons (Fsp3) is 0. The van der Waals surface area contributed by atoms with Crippen molar-refractivity contribution >= 4 is 65.3 Å². The predicted octanol–water partition coefficient (Wildman–Crippen LogP) is 12.2. The molecular weight excluding hydrogens is 637 g/mol. The molecule has 3 heterocycles. The van der Waals surface area contributed by atoms with Gasteiger partial charge in [-0.15, -0.1) is 0 Å². The number of hydrogen-bond donors (Lipinski definition) is 0. The number of aromatic nitrogens is 4. The van der Waals surface area contributed by atoms with Crippen LogP contribution in [0.1, 0.15) is 0 Å². The van der Waals surface area contributed by atoms with Crippen LogP contribution in [-0.2, 0) is 0 Å². The first kappa shape index (κ1) is 28.7. The van der Waals surface area contributed by atoms with Crippen LogP contribution in [0.2, 0.25) is 0 Å². The average Bonchev–Trinajstić information content (AvgIpc) is 3.76. The van der Waals surface area contributed by atoms with Gasteiger partial charge in [-0.1, -0.05) is 133 Å². The first-order chi connectivity index (χ1) is 25.8. The van der Waals surface area contributed by atoms with E-state index in [-0.39, 0.29) is 0 Å². The van der Waals surface area contributed by atoms with Gasteiger partial charge in [0.05, 0.1) is 11.0 Å². The van der Waals surface area contributed by atoms with Crippen LogP contribution in [0.25, 0.3) is 105 Å². The summed E-state index contributed by atoms with van der Waals surface area (Å²) in [5.41, 5.74) is 7.39. The van der Waals surface area contributed by atoms with Gasteiger partial charge in [0.15, 0.2) is 23.1 Å². The van der Waals surface area contributed by atoms with Crippen molar-refractivity contribution in [2.75, 3.05) is 0 Å². The van der Waals surface area contributed by atoms with Gasteiger partial charge in [0.2, 0.25) is 0 Å². The molecule has 0 fully saturated rings. The van der Waals surface area contributed by atoms with Crippen molar-refractivity contribution in [1.82, 2.24) is 19.5 Å². The second-order valence-electron chi connectivity index (χ2n) is 13.2. The third-order valence-corrected chi connectivity index (χ3v) is 10.2. The van der Waals surface area contributed by atoms with Crippen LogP contribution >= 0.6 is 0 Å². The lowest BCUT2D eigenvalue weighted by molar-refractivity contribution is 0.670. The third kappa shape index (κ3) is 4.33. The predicted molar refractivity (Wildman–Crippen MR) is 213 cm³/mol. The molecule has 242 valence electrons. The molecule has 3 aromatic heterocycles. The molecule has 0 atom stereocenters. The SMILES string of the molecule is c1ccc(-c2nc(-c3ccccc3)nc(-c3ccc4c(oc5c6ccccc6ccc45)c3-n3c4ccccc4c4cc5ccccc5cc43)n2)cc1. The highest BCUT2D eigenvalue weighted by Crippen LogP contribution is 2.44. The average molecular weight is 665 g/mol. The van der Waals surface area contributed by atoms with Crippen molar-refractivity contribution in [3.05, 3.63) is 170 Å². The number of furan rings is 1. The van der Waals surface area contributed by atoms with Crippen molar-refractivity contribution in [2.24, 2.45) is 0 Å². The van der Waals surface area contributed by atoms with Crippen molar-refractivity contribution in [1.29, 1.82) is 0 Å². The molecule has 0 saturated carbocycles. The smallest absolute Gasteiger partial charge is 0.166 e. The molecule has 0 N–H and O–H groups in total. The van der Waals surface area contributed by atoms with Crippen molar-refractivity contribution < 1.29 is 4.42 Å². The van der Waals surface area contributed by atoms with Gasteiger partial charge >= 0.3 is 0 Å². The Hall–Kier alpha value is -7.11. The maximum absolute atomic E-state index is 7.11. The van der Waals surface area contributed by atoms with Gasteiger partial charge in [-0.3, -0.25) is 0 Å².